The number of ether oxygens (including phenoxy) is 2. The van der Waals surface area contributed by atoms with Gasteiger partial charge in [-0.15, -0.1) is 11.8 Å². The smallest absolute Gasteiger partial charge is 0.328 e. The molecule has 0 aliphatic rings. The molecule has 0 aromatic carbocycles. The molecule has 3 N–H and O–H groups in total. The van der Waals surface area contributed by atoms with Gasteiger partial charge in [-0.3, -0.25) is 9.59 Å². The Balaban J connectivity index is 4.20. The number of carbonyl (C=O) groups is 3. The average Bonchev–Trinajstić information content (AvgIpc) is 2.44. The average molecular weight is 320 g/mol. The lowest BCUT2D eigenvalue weighted by molar-refractivity contribution is -0.145. The Morgan fingerprint density at radius 1 is 1.14 bits per heavy atom. The molecule has 0 aliphatic heterocycles. The molecule has 0 rings (SSSR count). The highest BCUT2D eigenvalue weighted by Gasteiger charge is 2.22. The van der Waals surface area contributed by atoms with Gasteiger partial charge in [0.1, 0.15) is 12.1 Å². The van der Waals surface area contributed by atoms with E-state index in [1.807, 2.05) is 13.8 Å². The Bertz CT molecular complexity index is 362. The number of esters is 2. The number of rotatable bonds is 9. The van der Waals surface area contributed by atoms with Crippen LogP contribution < -0.4 is 11.1 Å². The predicted octanol–water partition coefficient (Wildman–Crippen LogP) is -0.0762. The van der Waals surface area contributed by atoms with Crippen molar-refractivity contribution in [1.82, 2.24) is 5.32 Å². The summed E-state index contributed by atoms with van der Waals surface area (Å²) in [5, 5.41) is 2.62. The summed E-state index contributed by atoms with van der Waals surface area (Å²) in [5.74, 6) is -0.657. The highest BCUT2D eigenvalue weighted by molar-refractivity contribution is 8.00. The molecule has 0 aromatic rings. The summed E-state index contributed by atoms with van der Waals surface area (Å²) in [7, 11) is 2.54. The number of carbonyl (C=O) groups excluding carboxylic acids is 3. The van der Waals surface area contributed by atoms with Crippen molar-refractivity contribution in [3.05, 3.63) is 0 Å². The molecule has 122 valence electrons. The predicted molar refractivity (Wildman–Crippen MR) is 80.7 cm³/mol. The largest absolute Gasteiger partial charge is 0.468 e. The van der Waals surface area contributed by atoms with Gasteiger partial charge in [0.15, 0.2) is 0 Å². The fourth-order valence-corrected chi connectivity index (χ4v) is 2.34. The van der Waals surface area contributed by atoms with Gasteiger partial charge in [0, 0.05) is 5.75 Å². The maximum absolute atomic E-state index is 11.8. The molecule has 2 atom stereocenters. The van der Waals surface area contributed by atoms with E-state index in [1.54, 1.807) is 0 Å². The molecule has 0 saturated carbocycles. The first-order valence-electron chi connectivity index (χ1n) is 6.60. The second-order valence-corrected chi connectivity index (χ2v) is 5.95. The zero-order valence-electron chi connectivity index (χ0n) is 12.9. The van der Waals surface area contributed by atoms with E-state index in [2.05, 4.69) is 14.8 Å². The Morgan fingerprint density at radius 3 is 2.19 bits per heavy atom. The van der Waals surface area contributed by atoms with Gasteiger partial charge in [0.2, 0.25) is 5.91 Å². The number of hydrogen-bond acceptors (Lipinski definition) is 7. The minimum absolute atomic E-state index is 0.107. The van der Waals surface area contributed by atoms with E-state index < -0.39 is 24.0 Å². The van der Waals surface area contributed by atoms with Gasteiger partial charge in [-0.1, -0.05) is 13.8 Å². The van der Waals surface area contributed by atoms with Gasteiger partial charge >= 0.3 is 11.9 Å². The number of hydrogen-bond donors (Lipinski definition) is 2. The summed E-state index contributed by atoms with van der Waals surface area (Å²) in [6, 6.07) is -1.42. The van der Waals surface area contributed by atoms with Crippen LogP contribution >= 0.6 is 11.8 Å². The molecule has 0 aliphatic carbocycles. The lowest BCUT2D eigenvalue weighted by Gasteiger charge is -2.18. The molecule has 0 radical (unpaired) electrons. The first kappa shape index (κ1) is 19.7. The second-order valence-electron chi connectivity index (χ2n) is 4.92. The molecule has 0 aromatic heterocycles. The molecule has 0 bridgehead atoms. The summed E-state index contributed by atoms with van der Waals surface area (Å²) in [6.45, 7) is 3.90. The van der Waals surface area contributed by atoms with Gasteiger partial charge in [-0.25, -0.2) is 4.79 Å². The van der Waals surface area contributed by atoms with Crippen molar-refractivity contribution in [3.63, 3.8) is 0 Å². The maximum Gasteiger partial charge on any atom is 0.328 e. The first-order chi connectivity index (χ1) is 9.81. The van der Waals surface area contributed by atoms with Crippen LogP contribution in [-0.2, 0) is 23.9 Å². The van der Waals surface area contributed by atoms with Crippen LogP contribution in [-0.4, -0.2) is 55.7 Å². The fourth-order valence-electron chi connectivity index (χ4n) is 1.56. The monoisotopic (exact) mass is 320 g/mol. The number of methoxy groups -OCH3 is 2. The van der Waals surface area contributed by atoms with Crippen LogP contribution in [0.1, 0.15) is 20.3 Å². The maximum atomic E-state index is 11.8. The number of amides is 1. The number of nitrogens with one attached hydrogen (secondary N) is 1. The van der Waals surface area contributed by atoms with E-state index in [9.17, 15) is 14.4 Å². The summed E-state index contributed by atoms with van der Waals surface area (Å²) in [5.41, 5.74) is 5.55. The third-order valence-corrected chi connectivity index (χ3v) is 3.62. The third kappa shape index (κ3) is 8.56. The van der Waals surface area contributed by atoms with Gasteiger partial charge in [0.05, 0.1) is 20.0 Å². The highest BCUT2D eigenvalue weighted by Crippen LogP contribution is 2.08. The molecular weight excluding hydrogens is 296 g/mol. The summed E-state index contributed by atoms with van der Waals surface area (Å²) in [4.78, 5) is 34.4. The van der Waals surface area contributed by atoms with Crippen molar-refractivity contribution in [3.8, 4) is 0 Å². The fraction of sp³-hybridized carbons (Fsp3) is 0.769. The van der Waals surface area contributed by atoms with Crippen LogP contribution in [0.4, 0.5) is 0 Å². The molecule has 2 unspecified atom stereocenters. The molecule has 21 heavy (non-hydrogen) atoms. The lowest BCUT2D eigenvalue weighted by atomic mass is 10.0. The Kier molecular flexibility index (Phi) is 9.81. The Morgan fingerprint density at radius 2 is 1.71 bits per heavy atom. The molecular formula is C13H24N2O5S. The van der Waals surface area contributed by atoms with Crippen LogP contribution in [0.3, 0.4) is 0 Å². The van der Waals surface area contributed by atoms with Gasteiger partial charge in [0.25, 0.3) is 0 Å². The van der Waals surface area contributed by atoms with Crippen molar-refractivity contribution in [2.45, 2.75) is 32.4 Å². The second kappa shape index (κ2) is 10.4. The van der Waals surface area contributed by atoms with Crippen LogP contribution in [0.25, 0.3) is 0 Å². The van der Waals surface area contributed by atoms with Gasteiger partial charge in [-0.05, 0) is 12.3 Å². The minimum atomic E-state index is -0.764. The standard InChI is InChI=1S/C13H24N2O5S/c1-8(2)5-10(13(18)20-4)15-11(16)7-21-6-9(14)12(17)19-3/h8-10H,5-7,14H2,1-4H3,(H,15,16). The summed E-state index contributed by atoms with van der Waals surface area (Å²) < 4.78 is 9.15. The summed E-state index contributed by atoms with van der Waals surface area (Å²) in [6.07, 6.45) is 0.505. The van der Waals surface area contributed by atoms with Crippen molar-refractivity contribution in [2.75, 3.05) is 25.7 Å². The van der Waals surface area contributed by atoms with E-state index in [4.69, 9.17) is 5.73 Å². The quantitative estimate of drug-likeness (QED) is 0.572. The van der Waals surface area contributed by atoms with E-state index in [-0.39, 0.29) is 23.3 Å². The van der Waals surface area contributed by atoms with Crippen molar-refractivity contribution in [1.29, 1.82) is 0 Å². The van der Waals surface area contributed by atoms with Crippen molar-refractivity contribution >= 4 is 29.6 Å². The Labute approximate surface area is 129 Å². The minimum Gasteiger partial charge on any atom is -0.468 e. The first-order valence-corrected chi connectivity index (χ1v) is 7.75. The topological polar surface area (TPSA) is 108 Å². The molecule has 0 saturated heterocycles. The van der Waals surface area contributed by atoms with Crippen molar-refractivity contribution in [2.24, 2.45) is 11.7 Å². The third-order valence-electron chi connectivity index (χ3n) is 2.56. The van der Waals surface area contributed by atoms with Gasteiger partial charge in [-0.2, -0.15) is 0 Å². The van der Waals surface area contributed by atoms with E-state index in [1.165, 1.54) is 26.0 Å². The number of nitrogens with two attached hydrogens (primary N) is 1. The lowest BCUT2D eigenvalue weighted by Crippen LogP contribution is -2.43. The molecule has 0 heterocycles. The molecule has 8 heteroatoms. The van der Waals surface area contributed by atoms with E-state index in [0.717, 1.165) is 0 Å². The SMILES string of the molecule is COC(=O)C(N)CSCC(=O)NC(CC(C)C)C(=O)OC. The highest BCUT2D eigenvalue weighted by atomic mass is 32.2. The molecule has 1 amide bonds. The number of thioether (sulfide) groups is 1. The van der Waals surface area contributed by atoms with Crippen LogP contribution in [0, 0.1) is 5.92 Å². The zero-order chi connectivity index (χ0) is 16.4. The van der Waals surface area contributed by atoms with E-state index in [0.29, 0.717) is 6.42 Å². The summed E-state index contributed by atoms with van der Waals surface area (Å²) >= 11 is 1.20. The van der Waals surface area contributed by atoms with Crippen LogP contribution in [0.15, 0.2) is 0 Å². The molecule has 0 spiro atoms. The molecule has 7 nitrogen and oxygen atoms in total. The van der Waals surface area contributed by atoms with Crippen LogP contribution in [0.5, 0.6) is 0 Å². The normalized spacial score (nSPS) is 13.4. The van der Waals surface area contributed by atoms with E-state index >= 15 is 0 Å². The Hall–Kier alpha value is -1.28. The molecule has 0 fully saturated rings. The van der Waals surface area contributed by atoms with Gasteiger partial charge < -0.3 is 20.5 Å². The zero-order valence-corrected chi connectivity index (χ0v) is 13.7. The van der Waals surface area contributed by atoms with Crippen molar-refractivity contribution < 1.29 is 23.9 Å². The van der Waals surface area contributed by atoms with Crippen LogP contribution in [0.2, 0.25) is 0 Å².